The van der Waals surface area contributed by atoms with Gasteiger partial charge in [0, 0.05) is 43.0 Å². The lowest BCUT2D eigenvalue weighted by molar-refractivity contribution is 0.0963. The van der Waals surface area contributed by atoms with Gasteiger partial charge in [-0.05, 0) is 68.3 Å². The van der Waals surface area contributed by atoms with Crippen molar-refractivity contribution in [1.29, 1.82) is 0 Å². The van der Waals surface area contributed by atoms with Crippen molar-refractivity contribution in [2.45, 2.75) is 108 Å². The average molecular weight is 709 g/mol. The van der Waals surface area contributed by atoms with Crippen molar-refractivity contribution in [2.75, 3.05) is 38.2 Å². The largest absolute Gasteiger partial charge is 0.484 e. The Morgan fingerprint density at radius 1 is 0.981 bits per heavy atom. The van der Waals surface area contributed by atoms with E-state index in [4.69, 9.17) is 9.47 Å². The summed E-state index contributed by atoms with van der Waals surface area (Å²) < 4.78 is 14.3. The minimum absolute atomic E-state index is 0.0226. The normalized spacial score (nSPS) is 20.6. The van der Waals surface area contributed by atoms with Crippen molar-refractivity contribution in [3.63, 3.8) is 0 Å². The second-order valence-electron chi connectivity index (χ2n) is 15.9. The van der Waals surface area contributed by atoms with Gasteiger partial charge in [-0.3, -0.25) is 14.5 Å². The molecule has 1 saturated heterocycles. The van der Waals surface area contributed by atoms with Crippen molar-refractivity contribution in [3.05, 3.63) is 77.1 Å². The summed E-state index contributed by atoms with van der Waals surface area (Å²) in [4.78, 5) is 38.3. The van der Waals surface area contributed by atoms with Crippen molar-refractivity contribution in [1.82, 2.24) is 34.8 Å². The monoisotopic (exact) mass is 708 g/mol. The molecule has 1 aliphatic heterocycles. The van der Waals surface area contributed by atoms with E-state index < -0.39 is 0 Å². The van der Waals surface area contributed by atoms with Gasteiger partial charge in [-0.1, -0.05) is 64.8 Å². The summed E-state index contributed by atoms with van der Waals surface area (Å²) in [6.07, 6.45) is 9.96. The van der Waals surface area contributed by atoms with Gasteiger partial charge in [0.2, 0.25) is 0 Å². The van der Waals surface area contributed by atoms with E-state index in [2.05, 4.69) is 59.2 Å². The van der Waals surface area contributed by atoms with E-state index in [-0.39, 0.29) is 40.6 Å². The summed E-state index contributed by atoms with van der Waals surface area (Å²) in [5, 5.41) is 15.1. The molecule has 0 bridgehead atoms. The number of benzene rings is 1. The SMILES string of the molecule is CC(C)(C)c1cc(NC(=O)N[C@H]2CC[C@@H](Oc3ccc4nnc(C5(C)CCCC5)n4c3)c3ccccc32)nc(C(=O)CCCN2CCCOCC2)n1. The third kappa shape index (κ3) is 8.13. The fourth-order valence-corrected chi connectivity index (χ4v) is 7.85. The number of pyridine rings is 1. The minimum Gasteiger partial charge on any atom is -0.484 e. The Hall–Kier alpha value is -4.42. The van der Waals surface area contributed by atoms with Crippen LogP contribution >= 0.6 is 0 Å². The Balaban J connectivity index is 1.02. The Labute approximate surface area is 306 Å². The van der Waals surface area contributed by atoms with Crippen LogP contribution in [0.4, 0.5) is 10.6 Å². The number of urea groups is 1. The average Bonchev–Trinajstić information content (AvgIpc) is 3.67. The molecule has 0 unspecified atom stereocenters. The number of nitrogens with zero attached hydrogens (tertiary/aromatic N) is 6. The van der Waals surface area contributed by atoms with Gasteiger partial charge in [0.1, 0.15) is 23.5 Å². The van der Waals surface area contributed by atoms with Crippen molar-refractivity contribution < 1.29 is 19.1 Å². The quantitative estimate of drug-likeness (QED) is 0.165. The molecule has 2 atom stereocenters. The third-order valence-electron chi connectivity index (χ3n) is 10.8. The summed E-state index contributed by atoms with van der Waals surface area (Å²) in [5.74, 6) is 2.09. The highest BCUT2D eigenvalue weighted by Crippen LogP contribution is 2.41. The van der Waals surface area contributed by atoms with E-state index in [1.807, 2.05) is 51.2 Å². The van der Waals surface area contributed by atoms with Gasteiger partial charge in [-0.2, -0.15) is 0 Å². The van der Waals surface area contributed by atoms with E-state index in [0.29, 0.717) is 30.8 Å². The predicted molar refractivity (Wildman–Crippen MR) is 199 cm³/mol. The molecule has 4 heterocycles. The van der Waals surface area contributed by atoms with Gasteiger partial charge in [0.05, 0.1) is 24.5 Å². The highest BCUT2D eigenvalue weighted by Gasteiger charge is 2.35. The summed E-state index contributed by atoms with van der Waals surface area (Å²) in [7, 11) is 0. The van der Waals surface area contributed by atoms with Gasteiger partial charge in [-0.25, -0.2) is 14.8 Å². The highest BCUT2D eigenvalue weighted by atomic mass is 16.5. The molecule has 1 saturated carbocycles. The fourth-order valence-electron chi connectivity index (χ4n) is 7.85. The number of fused-ring (bicyclic) bond motifs is 2. The zero-order chi connectivity index (χ0) is 36.3. The number of ketones is 1. The molecule has 1 aromatic carbocycles. The van der Waals surface area contributed by atoms with Gasteiger partial charge >= 0.3 is 6.03 Å². The van der Waals surface area contributed by atoms with Gasteiger partial charge in [-0.15, -0.1) is 10.2 Å². The van der Waals surface area contributed by atoms with Crippen molar-refractivity contribution in [2.24, 2.45) is 0 Å². The maximum absolute atomic E-state index is 13.5. The number of rotatable bonds is 10. The lowest BCUT2D eigenvalue weighted by Gasteiger charge is -2.32. The maximum Gasteiger partial charge on any atom is 0.320 e. The molecule has 2 aliphatic carbocycles. The number of carbonyl (C=O) groups excluding carboxylic acids is 2. The van der Waals surface area contributed by atoms with E-state index >= 15 is 0 Å². The number of hydrogen-bond acceptors (Lipinski definition) is 9. The number of amides is 2. The number of anilines is 1. The van der Waals surface area contributed by atoms with Crippen LogP contribution in [0.2, 0.25) is 0 Å². The zero-order valence-corrected chi connectivity index (χ0v) is 31.0. The Bertz CT molecular complexity index is 1890. The van der Waals surface area contributed by atoms with Crippen LogP contribution in [-0.2, 0) is 15.6 Å². The second kappa shape index (κ2) is 15.3. The summed E-state index contributed by atoms with van der Waals surface area (Å²) in [6.45, 7) is 12.6. The first kappa shape index (κ1) is 36.0. The molecule has 276 valence electrons. The lowest BCUT2D eigenvalue weighted by atomic mass is 9.85. The first-order valence-electron chi connectivity index (χ1n) is 19.0. The summed E-state index contributed by atoms with van der Waals surface area (Å²) in [5.41, 5.74) is 3.26. The smallest absolute Gasteiger partial charge is 0.320 e. The molecule has 3 aromatic heterocycles. The van der Waals surface area contributed by atoms with Gasteiger partial charge in [0.25, 0.3) is 0 Å². The molecule has 2 N–H and O–H groups in total. The first-order chi connectivity index (χ1) is 25.1. The van der Waals surface area contributed by atoms with Crippen LogP contribution in [0.25, 0.3) is 5.65 Å². The molecule has 7 rings (SSSR count). The molecule has 0 spiro atoms. The maximum atomic E-state index is 13.5. The van der Waals surface area contributed by atoms with Crippen molar-refractivity contribution >= 4 is 23.3 Å². The number of aromatic nitrogens is 5. The van der Waals surface area contributed by atoms with Crippen molar-refractivity contribution in [3.8, 4) is 5.75 Å². The van der Waals surface area contributed by atoms with E-state index in [0.717, 1.165) is 86.9 Å². The third-order valence-corrected chi connectivity index (χ3v) is 10.8. The molecule has 3 aliphatic rings. The zero-order valence-electron chi connectivity index (χ0n) is 31.0. The number of Topliss-reactive ketones (excluding diaryl/α,β-unsaturated/α-hetero) is 1. The van der Waals surface area contributed by atoms with Crippen LogP contribution in [0.3, 0.4) is 0 Å². The minimum atomic E-state index is -0.384. The predicted octanol–water partition coefficient (Wildman–Crippen LogP) is 7.11. The number of hydrogen-bond donors (Lipinski definition) is 2. The topological polar surface area (TPSA) is 136 Å². The van der Waals surface area contributed by atoms with E-state index in [1.165, 1.54) is 12.8 Å². The van der Waals surface area contributed by atoms with Crippen LogP contribution in [0.5, 0.6) is 5.75 Å². The van der Waals surface area contributed by atoms with Gasteiger partial charge in [0.15, 0.2) is 17.3 Å². The molecular formula is C40H52N8O4. The Morgan fingerprint density at radius 2 is 1.79 bits per heavy atom. The molecule has 12 nitrogen and oxygen atoms in total. The summed E-state index contributed by atoms with van der Waals surface area (Å²) in [6, 6.07) is 13.2. The van der Waals surface area contributed by atoms with E-state index in [1.54, 1.807) is 6.07 Å². The number of carbonyl (C=O) groups is 2. The molecule has 2 amide bonds. The van der Waals surface area contributed by atoms with Crippen LogP contribution in [0.15, 0.2) is 48.7 Å². The van der Waals surface area contributed by atoms with Crippen LogP contribution < -0.4 is 15.4 Å². The second-order valence-corrected chi connectivity index (χ2v) is 15.9. The van der Waals surface area contributed by atoms with Crippen LogP contribution in [0, 0.1) is 0 Å². The molecule has 52 heavy (non-hydrogen) atoms. The number of nitrogens with one attached hydrogen (secondary N) is 2. The Kier molecular flexibility index (Phi) is 10.6. The van der Waals surface area contributed by atoms with Gasteiger partial charge < -0.3 is 19.7 Å². The molecular weight excluding hydrogens is 656 g/mol. The molecule has 2 fully saturated rings. The Morgan fingerprint density at radius 3 is 2.60 bits per heavy atom. The number of ether oxygens (including phenoxy) is 2. The highest BCUT2D eigenvalue weighted by molar-refractivity contribution is 5.94. The fraction of sp³-hybridized carbons (Fsp3) is 0.550. The molecule has 0 radical (unpaired) electrons. The standard InChI is InChI=1S/C40H52N8O4/c1-39(2,3)33-25-34(43-36(42-33)31(49)13-9-20-47-21-10-23-51-24-22-47)44-38(50)41-30-15-16-32(29-12-6-5-11-28(29)30)52-27-14-17-35-45-46-37(48(35)26-27)40(4)18-7-8-19-40/h5-6,11-12,14,17,25-26,30,32H,7-10,13,15-16,18-24H2,1-4H3,(H2,41,42,43,44,50)/t30-,32+/m0/s1. The summed E-state index contributed by atoms with van der Waals surface area (Å²) >= 11 is 0. The van der Waals surface area contributed by atoms with E-state index in [9.17, 15) is 9.59 Å². The van der Waals surface area contributed by atoms with Crippen LogP contribution in [0.1, 0.15) is 131 Å². The molecule has 4 aromatic rings. The lowest BCUT2D eigenvalue weighted by Crippen LogP contribution is -2.36. The molecule has 12 heteroatoms. The first-order valence-corrected chi connectivity index (χ1v) is 19.0. The van der Waals surface area contributed by atoms with Crippen LogP contribution in [-0.4, -0.2) is 74.1 Å².